The molecule has 1 atom stereocenters. The van der Waals surface area contributed by atoms with Gasteiger partial charge >= 0.3 is 5.97 Å². The van der Waals surface area contributed by atoms with Gasteiger partial charge in [0.15, 0.2) is 0 Å². The van der Waals surface area contributed by atoms with E-state index in [0.717, 1.165) is 30.5 Å². The lowest BCUT2D eigenvalue weighted by atomic mass is 9.98. The summed E-state index contributed by atoms with van der Waals surface area (Å²) < 4.78 is 6.22. The Morgan fingerprint density at radius 2 is 1.63 bits per heavy atom. The molecule has 1 unspecified atom stereocenters. The highest BCUT2D eigenvalue weighted by molar-refractivity contribution is 6.30. The first-order chi connectivity index (χ1) is 13.0. The van der Waals surface area contributed by atoms with Crippen LogP contribution < -0.4 is 0 Å². The third kappa shape index (κ3) is 5.69. The fraction of sp³-hybridized carbons (Fsp3) is 0.381. The maximum Gasteiger partial charge on any atom is 0.307 e. The van der Waals surface area contributed by atoms with Crippen LogP contribution in [0.4, 0.5) is 0 Å². The molecule has 2 aromatic rings. The van der Waals surface area contributed by atoms with E-state index < -0.39 is 5.97 Å². The summed E-state index contributed by atoms with van der Waals surface area (Å²) in [5, 5.41) is 10.6. The minimum absolute atomic E-state index is 0.223. The zero-order valence-electron chi connectivity index (χ0n) is 15.0. The molecule has 1 fully saturated rings. The SMILES string of the molecule is O=C(O)C1CCCN(CCOC(c2ccc(Cl)cc2)c2ccc(Cl)cc2)C1. The number of piperidine rings is 1. The van der Waals surface area contributed by atoms with Crippen LogP contribution in [0.2, 0.25) is 10.0 Å². The number of benzene rings is 2. The summed E-state index contributed by atoms with van der Waals surface area (Å²) in [4.78, 5) is 13.4. The second-order valence-electron chi connectivity index (χ2n) is 6.83. The van der Waals surface area contributed by atoms with Crippen molar-refractivity contribution in [1.82, 2.24) is 4.90 Å². The highest BCUT2D eigenvalue weighted by Gasteiger charge is 2.25. The molecule has 4 nitrogen and oxygen atoms in total. The Morgan fingerprint density at radius 1 is 1.07 bits per heavy atom. The normalized spacial score (nSPS) is 18.0. The highest BCUT2D eigenvalue weighted by atomic mass is 35.5. The molecule has 0 aromatic heterocycles. The maximum atomic E-state index is 11.2. The molecule has 0 aliphatic carbocycles. The number of aliphatic carboxylic acids is 1. The smallest absolute Gasteiger partial charge is 0.307 e. The predicted molar refractivity (Wildman–Crippen MR) is 107 cm³/mol. The Kier molecular flexibility index (Phi) is 7.13. The Morgan fingerprint density at radius 3 is 2.15 bits per heavy atom. The minimum Gasteiger partial charge on any atom is -0.481 e. The van der Waals surface area contributed by atoms with Gasteiger partial charge in [0, 0.05) is 23.1 Å². The monoisotopic (exact) mass is 407 g/mol. The van der Waals surface area contributed by atoms with Crippen LogP contribution in [0.25, 0.3) is 0 Å². The molecule has 1 saturated heterocycles. The van der Waals surface area contributed by atoms with E-state index in [9.17, 15) is 9.90 Å². The van der Waals surface area contributed by atoms with Crippen molar-refractivity contribution >= 4 is 29.2 Å². The van der Waals surface area contributed by atoms with Crippen molar-refractivity contribution in [3.05, 3.63) is 69.7 Å². The maximum absolute atomic E-state index is 11.2. The number of halogens is 2. The number of carbonyl (C=O) groups is 1. The van der Waals surface area contributed by atoms with Crippen LogP contribution in [-0.2, 0) is 9.53 Å². The molecule has 144 valence electrons. The average Bonchev–Trinajstić information content (AvgIpc) is 2.67. The van der Waals surface area contributed by atoms with E-state index in [-0.39, 0.29) is 12.0 Å². The second-order valence-corrected chi connectivity index (χ2v) is 7.70. The molecule has 27 heavy (non-hydrogen) atoms. The Hall–Kier alpha value is -1.59. The van der Waals surface area contributed by atoms with Crippen molar-refractivity contribution in [3.63, 3.8) is 0 Å². The third-order valence-electron chi connectivity index (χ3n) is 4.89. The molecule has 6 heteroatoms. The van der Waals surface area contributed by atoms with Gasteiger partial charge in [0.1, 0.15) is 6.10 Å². The van der Waals surface area contributed by atoms with Gasteiger partial charge in [-0.2, -0.15) is 0 Å². The number of nitrogens with zero attached hydrogens (tertiary/aromatic N) is 1. The molecular weight excluding hydrogens is 385 g/mol. The van der Waals surface area contributed by atoms with Crippen molar-refractivity contribution in [1.29, 1.82) is 0 Å². The lowest BCUT2D eigenvalue weighted by Gasteiger charge is -2.31. The number of carboxylic acids is 1. The predicted octanol–water partition coefficient (Wildman–Crippen LogP) is 4.90. The first-order valence-electron chi connectivity index (χ1n) is 9.10. The molecule has 1 aliphatic rings. The number of carboxylic acid groups (broad SMARTS) is 1. The van der Waals surface area contributed by atoms with Gasteiger partial charge in [0.2, 0.25) is 0 Å². The van der Waals surface area contributed by atoms with E-state index in [1.807, 2.05) is 48.5 Å². The molecule has 1 N–H and O–H groups in total. The summed E-state index contributed by atoms with van der Waals surface area (Å²) in [7, 11) is 0. The van der Waals surface area contributed by atoms with E-state index in [2.05, 4.69) is 4.90 Å². The van der Waals surface area contributed by atoms with Crippen molar-refractivity contribution in [2.45, 2.75) is 18.9 Å². The standard InChI is InChI=1S/C21H23Cl2NO3/c22-18-7-3-15(4-8-18)20(16-5-9-19(23)10-6-16)27-13-12-24-11-1-2-17(14-24)21(25)26/h3-10,17,20H,1-2,11-14H2,(H,25,26). The molecule has 1 aliphatic heterocycles. The van der Waals surface area contributed by atoms with Gasteiger partial charge in [0.05, 0.1) is 12.5 Å². The van der Waals surface area contributed by atoms with Crippen LogP contribution in [0.15, 0.2) is 48.5 Å². The van der Waals surface area contributed by atoms with Gasteiger partial charge in [-0.05, 0) is 54.8 Å². The summed E-state index contributed by atoms with van der Waals surface area (Å²) in [6.45, 7) is 2.73. The van der Waals surface area contributed by atoms with Crippen LogP contribution in [0.3, 0.4) is 0 Å². The first kappa shape index (κ1) is 20.2. The molecule has 0 amide bonds. The molecular formula is C21H23Cl2NO3. The van der Waals surface area contributed by atoms with Gasteiger partial charge in [-0.3, -0.25) is 4.79 Å². The Balaban J connectivity index is 1.65. The van der Waals surface area contributed by atoms with Crippen molar-refractivity contribution < 1.29 is 14.6 Å². The fourth-order valence-corrected chi connectivity index (χ4v) is 3.67. The van der Waals surface area contributed by atoms with Crippen LogP contribution in [0.5, 0.6) is 0 Å². The molecule has 3 rings (SSSR count). The van der Waals surface area contributed by atoms with Gasteiger partial charge < -0.3 is 14.7 Å². The Labute approximate surface area is 169 Å². The number of likely N-dealkylation sites (tertiary alicyclic amines) is 1. The van der Waals surface area contributed by atoms with E-state index in [1.165, 1.54) is 0 Å². The summed E-state index contributed by atoms with van der Waals surface area (Å²) in [5.41, 5.74) is 2.03. The number of hydrogen-bond acceptors (Lipinski definition) is 3. The second kappa shape index (κ2) is 9.56. The first-order valence-corrected chi connectivity index (χ1v) is 9.86. The van der Waals surface area contributed by atoms with Crippen LogP contribution in [-0.4, -0.2) is 42.2 Å². The number of hydrogen-bond donors (Lipinski definition) is 1. The van der Waals surface area contributed by atoms with E-state index in [0.29, 0.717) is 29.7 Å². The third-order valence-corrected chi connectivity index (χ3v) is 5.40. The molecule has 0 saturated carbocycles. The van der Waals surface area contributed by atoms with Crippen molar-refractivity contribution in [3.8, 4) is 0 Å². The van der Waals surface area contributed by atoms with Crippen molar-refractivity contribution in [2.24, 2.45) is 5.92 Å². The lowest BCUT2D eigenvalue weighted by molar-refractivity contribution is -0.143. The van der Waals surface area contributed by atoms with Crippen LogP contribution in [0, 0.1) is 5.92 Å². The number of ether oxygens (including phenoxy) is 1. The average molecular weight is 408 g/mol. The summed E-state index contributed by atoms with van der Waals surface area (Å²) in [6.07, 6.45) is 1.44. The molecule has 0 radical (unpaired) electrons. The quantitative estimate of drug-likeness (QED) is 0.709. The van der Waals surface area contributed by atoms with Gasteiger partial charge in [-0.1, -0.05) is 47.5 Å². The largest absolute Gasteiger partial charge is 0.481 e. The van der Waals surface area contributed by atoms with Crippen LogP contribution in [0.1, 0.15) is 30.1 Å². The van der Waals surface area contributed by atoms with Gasteiger partial charge in [-0.15, -0.1) is 0 Å². The van der Waals surface area contributed by atoms with Gasteiger partial charge in [-0.25, -0.2) is 0 Å². The molecule has 0 spiro atoms. The fourth-order valence-electron chi connectivity index (χ4n) is 3.42. The highest BCUT2D eigenvalue weighted by Crippen LogP contribution is 2.28. The zero-order chi connectivity index (χ0) is 19.2. The molecule has 1 heterocycles. The topological polar surface area (TPSA) is 49.8 Å². The van der Waals surface area contributed by atoms with Crippen LogP contribution >= 0.6 is 23.2 Å². The molecule has 0 bridgehead atoms. The summed E-state index contributed by atoms with van der Waals surface area (Å²) in [6, 6.07) is 15.3. The number of rotatable bonds is 7. The van der Waals surface area contributed by atoms with Crippen molar-refractivity contribution in [2.75, 3.05) is 26.2 Å². The zero-order valence-corrected chi connectivity index (χ0v) is 16.5. The summed E-state index contributed by atoms with van der Waals surface area (Å²) >= 11 is 12.0. The van der Waals surface area contributed by atoms with E-state index in [1.54, 1.807) is 0 Å². The minimum atomic E-state index is -0.708. The molecule has 2 aromatic carbocycles. The summed E-state index contributed by atoms with van der Waals surface area (Å²) in [5.74, 6) is -0.983. The van der Waals surface area contributed by atoms with E-state index >= 15 is 0 Å². The lowest BCUT2D eigenvalue weighted by Crippen LogP contribution is -2.40. The van der Waals surface area contributed by atoms with E-state index in [4.69, 9.17) is 27.9 Å². The van der Waals surface area contributed by atoms with Gasteiger partial charge in [0.25, 0.3) is 0 Å². The Bertz CT molecular complexity index is 704.